The maximum absolute atomic E-state index is 13.2. The largest absolute Gasteiger partial charge is 0.461 e. The summed E-state index contributed by atoms with van der Waals surface area (Å²) in [5.41, 5.74) is 1.19. The summed E-state index contributed by atoms with van der Waals surface area (Å²) in [5, 5.41) is 0. The summed E-state index contributed by atoms with van der Waals surface area (Å²) in [5.74, 6) is -0.112. The Labute approximate surface area is 175 Å². The molecule has 3 heteroatoms. The predicted molar refractivity (Wildman–Crippen MR) is 117 cm³/mol. The molecule has 0 N–H and O–H groups in total. The average molecular weight is 397 g/mol. The molecule has 5 atom stereocenters. The van der Waals surface area contributed by atoms with Crippen LogP contribution in [0.2, 0.25) is 0 Å². The molecule has 29 heavy (non-hydrogen) atoms. The van der Waals surface area contributed by atoms with Gasteiger partial charge < -0.3 is 4.74 Å². The molecule has 3 nitrogen and oxygen atoms in total. The van der Waals surface area contributed by atoms with E-state index in [9.17, 15) is 9.59 Å². The molecule has 0 radical (unpaired) electrons. The first-order valence-corrected chi connectivity index (χ1v) is 11.3. The van der Waals surface area contributed by atoms with Crippen LogP contribution in [0.25, 0.3) is 0 Å². The number of rotatable bonds is 5. The highest BCUT2D eigenvalue weighted by Crippen LogP contribution is 2.44. The molecular formula is C26H36O3. The van der Waals surface area contributed by atoms with Crippen molar-refractivity contribution in [2.45, 2.75) is 77.7 Å². The molecule has 0 amide bonds. The third kappa shape index (κ3) is 4.82. The van der Waals surface area contributed by atoms with Gasteiger partial charge in [0.15, 0.2) is 0 Å². The number of hydrogen-bond donors (Lipinski definition) is 0. The molecule has 1 aromatic rings. The lowest BCUT2D eigenvalue weighted by molar-refractivity contribution is -0.166. The van der Waals surface area contributed by atoms with Crippen molar-refractivity contribution in [3.63, 3.8) is 0 Å². The monoisotopic (exact) mass is 396 g/mol. The van der Waals surface area contributed by atoms with Gasteiger partial charge in [-0.25, -0.2) is 0 Å². The zero-order valence-electron chi connectivity index (χ0n) is 18.4. The van der Waals surface area contributed by atoms with E-state index >= 15 is 0 Å². The lowest BCUT2D eigenvalue weighted by Gasteiger charge is -2.44. The van der Waals surface area contributed by atoms with Gasteiger partial charge in [-0.1, -0.05) is 69.7 Å². The number of carbonyl (C=O) groups excluding carboxylic acids is 2. The highest BCUT2D eigenvalue weighted by molar-refractivity contribution is 6.00. The maximum Gasteiger partial charge on any atom is 0.317 e. The summed E-state index contributed by atoms with van der Waals surface area (Å²) in [6, 6.07) is 10.5. The van der Waals surface area contributed by atoms with Crippen molar-refractivity contribution < 1.29 is 14.3 Å². The van der Waals surface area contributed by atoms with Crippen LogP contribution in [0, 0.1) is 23.7 Å². The highest BCUT2D eigenvalue weighted by atomic mass is 16.5. The van der Waals surface area contributed by atoms with Gasteiger partial charge in [-0.3, -0.25) is 9.59 Å². The molecule has 2 aliphatic rings. The van der Waals surface area contributed by atoms with Crippen LogP contribution >= 0.6 is 0 Å². The highest BCUT2D eigenvalue weighted by Gasteiger charge is 2.44. The second-order valence-electron chi connectivity index (χ2n) is 9.61. The minimum absolute atomic E-state index is 0.0182. The fourth-order valence-corrected chi connectivity index (χ4v) is 5.42. The summed E-state index contributed by atoms with van der Waals surface area (Å²) in [6.45, 7) is 8.71. The first-order chi connectivity index (χ1) is 13.8. The smallest absolute Gasteiger partial charge is 0.317 e. The molecule has 2 fully saturated rings. The number of Topliss-reactive ketones (excluding diaryl/α,β-unsaturated/α-hetero) is 1. The summed E-state index contributed by atoms with van der Waals surface area (Å²) in [6.07, 6.45) is 9.14. The SMILES string of the molecule is C/C=C/[C@H]1CCCC(=O)[C@H]1C(=O)O[C@@H]1C[C@H](C)CC[C@H]1C(C)(C)c1ccccc1. The Hall–Kier alpha value is -1.90. The lowest BCUT2D eigenvalue weighted by atomic mass is 9.64. The molecule has 3 rings (SSSR count). The van der Waals surface area contributed by atoms with Crippen molar-refractivity contribution in [3.8, 4) is 0 Å². The molecule has 0 bridgehead atoms. The minimum atomic E-state index is -0.627. The van der Waals surface area contributed by atoms with Gasteiger partial charge in [0.05, 0.1) is 0 Å². The molecular weight excluding hydrogens is 360 g/mol. The molecule has 0 aromatic heterocycles. The summed E-state index contributed by atoms with van der Waals surface area (Å²) in [7, 11) is 0. The van der Waals surface area contributed by atoms with E-state index < -0.39 is 5.92 Å². The summed E-state index contributed by atoms with van der Waals surface area (Å²) >= 11 is 0. The van der Waals surface area contributed by atoms with Crippen molar-refractivity contribution in [3.05, 3.63) is 48.0 Å². The van der Waals surface area contributed by atoms with Crippen LogP contribution in [0.1, 0.15) is 71.8 Å². The molecule has 1 aromatic carbocycles. The van der Waals surface area contributed by atoms with E-state index in [-0.39, 0.29) is 35.1 Å². The predicted octanol–water partition coefficient (Wildman–Crippen LogP) is 5.87. The van der Waals surface area contributed by atoms with E-state index in [4.69, 9.17) is 4.74 Å². The van der Waals surface area contributed by atoms with Gasteiger partial charge in [0.2, 0.25) is 0 Å². The number of hydrogen-bond acceptors (Lipinski definition) is 3. The number of esters is 1. The normalized spacial score (nSPS) is 31.0. The van der Waals surface area contributed by atoms with Gasteiger partial charge in [0.1, 0.15) is 17.8 Å². The van der Waals surface area contributed by atoms with Crippen LogP contribution in [0.3, 0.4) is 0 Å². The number of carbonyl (C=O) groups is 2. The second kappa shape index (κ2) is 9.28. The van der Waals surface area contributed by atoms with Gasteiger partial charge in [0.25, 0.3) is 0 Å². The van der Waals surface area contributed by atoms with Crippen molar-refractivity contribution in [1.29, 1.82) is 0 Å². The van der Waals surface area contributed by atoms with E-state index in [1.165, 1.54) is 5.56 Å². The Morgan fingerprint density at radius 1 is 1.14 bits per heavy atom. The van der Waals surface area contributed by atoms with E-state index in [2.05, 4.69) is 45.0 Å². The lowest BCUT2D eigenvalue weighted by Crippen LogP contribution is -2.45. The number of benzene rings is 1. The molecule has 0 unspecified atom stereocenters. The Morgan fingerprint density at radius 2 is 1.86 bits per heavy atom. The van der Waals surface area contributed by atoms with E-state index in [1.807, 2.05) is 25.1 Å². The van der Waals surface area contributed by atoms with Gasteiger partial charge >= 0.3 is 5.97 Å². The van der Waals surface area contributed by atoms with Gasteiger partial charge in [-0.2, -0.15) is 0 Å². The molecule has 0 spiro atoms. The first-order valence-electron chi connectivity index (χ1n) is 11.3. The van der Waals surface area contributed by atoms with E-state index in [0.717, 1.165) is 32.1 Å². The zero-order valence-corrected chi connectivity index (χ0v) is 18.4. The third-order valence-corrected chi connectivity index (χ3v) is 7.20. The average Bonchev–Trinajstić information content (AvgIpc) is 2.69. The molecule has 158 valence electrons. The molecule has 2 saturated carbocycles. The van der Waals surface area contributed by atoms with Crippen molar-refractivity contribution in [2.24, 2.45) is 23.7 Å². The van der Waals surface area contributed by atoms with Crippen LogP contribution in [-0.4, -0.2) is 17.9 Å². The van der Waals surface area contributed by atoms with Crippen LogP contribution in [0.15, 0.2) is 42.5 Å². The fraction of sp³-hybridized carbons (Fsp3) is 0.615. The maximum atomic E-state index is 13.2. The minimum Gasteiger partial charge on any atom is -0.461 e. The Morgan fingerprint density at radius 3 is 2.55 bits per heavy atom. The van der Waals surface area contributed by atoms with Gasteiger partial charge in [-0.15, -0.1) is 0 Å². The standard InChI is InChI=1S/C26H36O3/c1-5-10-19-11-9-14-22(27)24(19)25(28)29-23-17-18(2)15-16-21(23)26(3,4)20-12-7-6-8-13-20/h5-8,10,12-13,18-19,21,23-24H,9,11,14-17H2,1-4H3/b10-5+/t18-,19+,21-,23-,24+/m1/s1. The van der Waals surface area contributed by atoms with Crippen LogP contribution < -0.4 is 0 Å². The Balaban J connectivity index is 1.82. The molecule has 0 aliphatic heterocycles. The Bertz CT molecular complexity index is 734. The summed E-state index contributed by atoms with van der Waals surface area (Å²) < 4.78 is 6.18. The fourth-order valence-electron chi connectivity index (χ4n) is 5.42. The van der Waals surface area contributed by atoms with Crippen LogP contribution in [-0.2, 0) is 19.7 Å². The Kier molecular flexibility index (Phi) is 6.97. The topological polar surface area (TPSA) is 43.4 Å². The first kappa shape index (κ1) is 21.8. The second-order valence-corrected chi connectivity index (χ2v) is 9.61. The van der Waals surface area contributed by atoms with Gasteiger partial charge in [-0.05, 0) is 55.4 Å². The quantitative estimate of drug-likeness (QED) is 0.355. The van der Waals surface area contributed by atoms with E-state index in [0.29, 0.717) is 12.3 Å². The number of allylic oxidation sites excluding steroid dienone is 2. The van der Waals surface area contributed by atoms with Crippen molar-refractivity contribution in [1.82, 2.24) is 0 Å². The molecule has 2 aliphatic carbocycles. The van der Waals surface area contributed by atoms with Crippen molar-refractivity contribution in [2.75, 3.05) is 0 Å². The van der Waals surface area contributed by atoms with Crippen molar-refractivity contribution >= 4 is 11.8 Å². The number of ether oxygens (including phenoxy) is 1. The van der Waals surface area contributed by atoms with Crippen LogP contribution in [0.4, 0.5) is 0 Å². The summed E-state index contributed by atoms with van der Waals surface area (Å²) in [4.78, 5) is 25.8. The van der Waals surface area contributed by atoms with Crippen LogP contribution in [0.5, 0.6) is 0 Å². The third-order valence-electron chi connectivity index (χ3n) is 7.20. The zero-order chi connectivity index (χ0) is 21.0. The van der Waals surface area contributed by atoms with Gasteiger partial charge in [0, 0.05) is 12.3 Å². The molecule has 0 heterocycles. The van der Waals surface area contributed by atoms with E-state index in [1.54, 1.807) is 0 Å². The molecule has 0 saturated heterocycles. The number of ketones is 1.